The molecule has 0 fully saturated rings. The number of rotatable bonds is 29. The van der Waals surface area contributed by atoms with Crippen LogP contribution in [0.3, 0.4) is 0 Å². The number of nitrogens with zero attached hydrogens (tertiary/aromatic N) is 1. The van der Waals surface area contributed by atoms with Gasteiger partial charge in [0.25, 0.3) is 0 Å². The summed E-state index contributed by atoms with van der Waals surface area (Å²) in [5, 5.41) is 12.9. The van der Waals surface area contributed by atoms with Crippen LogP contribution < -0.4 is 28.4 Å². The lowest BCUT2D eigenvalue weighted by Crippen LogP contribution is -2.11. The van der Waals surface area contributed by atoms with Gasteiger partial charge in [-0.2, -0.15) is 0 Å². The van der Waals surface area contributed by atoms with Gasteiger partial charge in [0.15, 0.2) is 0 Å². The van der Waals surface area contributed by atoms with Crippen LogP contribution in [0.15, 0.2) is 127 Å². The summed E-state index contributed by atoms with van der Waals surface area (Å²) in [4.78, 5) is 63.9. The van der Waals surface area contributed by atoms with E-state index in [0.29, 0.717) is 41.2 Å². The number of hydrogen-bond acceptors (Lipinski definition) is 12. The minimum atomic E-state index is -0.892. The summed E-state index contributed by atoms with van der Waals surface area (Å²) in [5.74, 6) is -1.46. The molecule has 0 aliphatic heterocycles. The number of carbonyl (C=O) groups excluding carboxylic acids is 4. The second-order valence-electron chi connectivity index (χ2n) is 17.4. The lowest BCUT2D eigenvalue weighted by atomic mass is 10.1. The molecule has 0 aromatic heterocycles. The van der Waals surface area contributed by atoms with Gasteiger partial charge in [-0.3, -0.25) is 10.1 Å². The van der Waals surface area contributed by atoms with Gasteiger partial charge in [0.05, 0.1) is 45.8 Å². The lowest BCUT2D eigenvalue weighted by Gasteiger charge is -2.10. The maximum absolute atomic E-state index is 13.2. The van der Waals surface area contributed by atoms with Crippen molar-refractivity contribution in [2.45, 2.75) is 117 Å². The molecular weight excluding hydrogens is 903 g/mol. The van der Waals surface area contributed by atoms with Crippen molar-refractivity contribution < 1.29 is 52.5 Å². The van der Waals surface area contributed by atoms with E-state index in [0.717, 1.165) is 25.7 Å². The molecule has 0 saturated carbocycles. The third-order valence-corrected chi connectivity index (χ3v) is 11.8. The Morgan fingerprint density at radius 1 is 0.394 bits per heavy atom. The minimum absolute atomic E-state index is 0.00157. The van der Waals surface area contributed by atoms with Crippen LogP contribution in [0.25, 0.3) is 10.8 Å². The number of esters is 4. The van der Waals surface area contributed by atoms with E-state index in [2.05, 4.69) is 13.8 Å². The number of ether oxygens (including phenoxy) is 6. The maximum atomic E-state index is 13.2. The van der Waals surface area contributed by atoms with E-state index in [1.165, 1.54) is 156 Å². The third kappa shape index (κ3) is 16.8. The van der Waals surface area contributed by atoms with Gasteiger partial charge < -0.3 is 28.4 Å². The van der Waals surface area contributed by atoms with Crippen LogP contribution in [0.4, 0.5) is 5.69 Å². The Morgan fingerprint density at radius 3 is 1.11 bits per heavy atom. The van der Waals surface area contributed by atoms with Gasteiger partial charge in [-0.1, -0.05) is 116 Å². The van der Waals surface area contributed by atoms with Crippen molar-refractivity contribution >= 4 is 40.3 Å². The van der Waals surface area contributed by atoms with E-state index in [4.69, 9.17) is 28.4 Å². The molecule has 0 bridgehead atoms. The zero-order chi connectivity index (χ0) is 50.2. The molecule has 372 valence electrons. The smallest absolute Gasteiger partial charge is 0.343 e. The number of nitro benzene ring substituents is 1. The summed E-state index contributed by atoms with van der Waals surface area (Å²) >= 11 is 0. The first-order valence-corrected chi connectivity index (χ1v) is 24.9. The highest BCUT2D eigenvalue weighted by molar-refractivity contribution is 5.99. The van der Waals surface area contributed by atoms with Crippen molar-refractivity contribution in [1.29, 1.82) is 0 Å². The molecule has 0 aliphatic rings. The van der Waals surface area contributed by atoms with Crippen LogP contribution in [-0.4, -0.2) is 42.0 Å². The summed E-state index contributed by atoms with van der Waals surface area (Å²) < 4.78 is 33.8. The molecule has 0 spiro atoms. The molecule has 0 amide bonds. The fraction of sp³-hybridized carbons (Fsp3) is 0.345. The monoisotopic (exact) mass is 965 g/mol. The van der Waals surface area contributed by atoms with Gasteiger partial charge in [-0.25, -0.2) is 19.2 Å². The van der Waals surface area contributed by atoms with Crippen LogP contribution in [0.5, 0.6) is 34.5 Å². The Labute approximate surface area is 415 Å². The van der Waals surface area contributed by atoms with E-state index < -0.39 is 34.5 Å². The normalized spacial score (nSPS) is 10.9. The summed E-state index contributed by atoms with van der Waals surface area (Å²) in [6.07, 6.45) is 19.4. The Kier molecular flexibility index (Phi) is 21.0. The minimum Gasteiger partial charge on any atom is -0.494 e. The molecule has 0 aliphatic carbocycles. The van der Waals surface area contributed by atoms with E-state index in [9.17, 15) is 29.3 Å². The Hall–Kier alpha value is -7.54. The highest BCUT2D eigenvalue weighted by Gasteiger charge is 2.24. The van der Waals surface area contributed by atoms with E-state index in [1.807, 2.05) is 0 Å². The first-order valence-electron chi connectivity index (χ1n) is 24.9. The van der Waals surface area contributed by atoms with Gasteiger partial charge in [0, 0.05) is 0 Å². The average Bonchev–Trinajstić information content (AvgIpc) is 3.38. The van der Waals surface area contributed by atoms with Gasteiger partial charge in [0.1, 0.15) is 28.7 Å². The second-order valence-corrected chi connectivity index (χ2v) is 17.4. The molecule has 6 rings (SSSR count). The quantitative estimate of drug-likeness (QED) is 0.0144. The van der Waals surface area contributed by atoms with Gasteiger partial charge in [-0.05, 0) is 133 Å². The number of fused-ring (bicyclic) bond motifs is 1. The molecule has 6 aromatic carbocycles. The standard InChI is InChI=1S/C58H63NO12/c1-3-5-7-9-11-13-15-17-39-66-47-29-20-43(21-30-47)55(60)68-49-33-24-45(25-34-49)57(62)70-51-37-19-42-28-38-53(54(59(64)65)52(42)41-51)71-58(63)46-26-35-50(36-27-46)69-56(61)44-22-31-48(32-23-44)67-40-18-16-14-12-10-8-6-4-2/h19-38,41H,3-18,39-40H2,1-2H3. The molecule has 0 saturated heterocycles. The van der Waals surface area contributed by atoms with Crippen molar-refractivity contribution in [3.63, 3.8) is 0 Å². The summed E-state index contributed by atoms with van der Waals surface area (Å²) in [5.41, 5.74) is 0.305. The van der Waals surface area contributed by atoms with Crippen molar-refractivity contribution in [2.75, 3.05) is 13.2 Å². The summed E-state index contributed by atoms with van der Waals surface area (Å²) in [7, 11) is 0. The molecule has 0 atom stereocenters. The summed E-state index contributed by atoms with van der Waals surface area (Å²) in [6.45, 7) is 5.65. The van der Waals surface area contributed by atoms with Crippen LogP contribution in [-0.2, 0) is 0 Å². The molecule has 71 heavy (non-hydrogen) atoms. The maximum Gasteiger partial charge on any atom is 0.343 e. The number of hydrogen-bond donors (Lipinski definition) is 0. The SMILES string of the molecule is CCCCCCCCCCOc1ccc(C(=O)Oc2ccc(C(=O)Oc3ccc4ccc(OC(=O)c5ccc(OC(=O)c6ccc(OCCCCCCCCCC)cc6)cc5)c([N+](=O)[O-])c4c3)cc2)cc1. The molecule has 13 nitrogen and oxygen atoms in total. The first-order chi connectivity index (χ1) is 34.6. The van der Waals surface area contributed by atoms with E-state index in [-0.39, 0.29) is 39.5 Å². The molecule has 13 heteroatoms. The number of unbranched alkanes of at least 4 members (excludes halogenated alkanes) is 14. The fourth-order valence-electron chi connectivity index (χ4n) is 7.80. The third-order valence-electron chi connectivity index (χ3n) is 11.8. The second kappa shape index (κ2) is 28.2. The lowest BCUT2D eigenvalue weighted by molar-refractivity contribution is -0.383. The van der Waals surface area contributed by atoms with E-state index >= 15 is 0 Å². The number of carbonyl (C=O) groups is 4. The zero-order valence-corrected chi connectivity index (χ0v) is 40.7. The van der Waals surface area contributed by atoms with Gasteiger partial charge >= 0.3 is 29.6 Å². The molecule has 6 aromatic rings. The van der Waals surface area contributed by atoms with Crippen molar-refractivity contribution in [3.8, 4) is 34.5 Å². The number of nitro groups is 1. The Morgan fingerprint density at radius 2 is 0.718 bits per heavy atom. The Balaban J connectivity index is 0.970. The molecule has 0 heterocycles. The van der Waals surface area contributed by atoms with Crippen molar-refractivity contribution in [3.05, 3.63) is 160 Å². The fourth-order valence-corrected chi connectivity index (χ4v) is 7.80. The molecular formula is C58H63NO12. The van der Waals surface area contributed by atoms with Crippen LogP contribution >= 0.6 is 0 Å². The van der Waals surface area contributed by atoms with Crippen LogP contribution in [0.2, 0.25) is 0 Å². The molecule has 0 unspecified atom stereocenters. The van der Waals surface area contributed by atoms with E-state index in [1.54, 1.807) is 48.5 Å². The largest absolute Gasteiger partial charge is 0.494 e. The topological polar surface area (TPSA) is 167 Å². The van der Waals surface area contributed by atoms with Crippen LogP contribution in [0, 0.1) is 10.1 Å². The van der Waals surface area contributed by atoms with Gasteiger partial charge in [0.2, 0.25) is 5.75 Å². The van der Waals surface area contributed by atoms with Crippen LogP contribution in [0.1, 0.15) is 158 Å². The molecule has 0 radical (unpaired) electrons. The highest BCUT2D eigenvalue weighted by atomic mass is 16.6. The van der Waals surface area contributed by atoms with Crippen molar-refractivity contribution in [2.24, 2.45) is 0 Å². The summed E-state index contributed by atoms with van der Waals surface area (Å²) in [6, 6.07) is 31.9. The predicted octanol–water partition coefficient (Wildman–Crippen LogP) is 14.7. The number of benzene rings is 6. The average molecular weight is 966 g/mol. The predicted molar refractivity (Wildman–Crippen MR) is 272 cm³/mol. The zero-order valence-electron chi connectivity index (χ0n) is 40.7. The highest BCUT2D eigenvalue weighted by Crippen LogP contribution is 2.38. The molecule has 0 N–H and O–H groups in total. The first kappa shape index (κ1) is 52.8. The van der Waals surface area contributed by atoms with Gasteiger partial charge in [-0.15, -0.1) is 0 Å². The Bertz CT molecular complexity index is 2660. The van der Waals surface area contributed by atoms with Crippen molar-refractivity contribution in [1.82, 2.24) is 0 Å².